The minimum absolute atomic E-state index is 0.191. The topological polar surface area (TPSA) is 95.0 Å². The van der Waals surface area contributed by atoms with E-state index in [0.717, 1.165) is 13.0 Å². The van der Waals surface area contributed by atoms with Gasteiger partial charge >= 0.3 is 6.09 Å². The molecule has 0 aliphatic carbocycles. The molecule has 1 aromatic rings. The molecule has 2 fully saturated rings. The molecule has 2 atom stereocenters. The van der Waals surface area contributed by atoms with E-state index in [4.69, 9.17) is 4.74 Å². The van der Waals surface area contributed by atoms with Crippen molar-refractivity contribution in [1.82, 2.24) is 20.1 Å². The van der Waals surface area contributed by atoms with Crippen LogP contribution in [0.15, 0.2) is 18.2 Å². The number of carbonyl (C=O) groups excluding carboxylic acids is 2. The number of nitrogens with zero attached hydrogens (tertiary/aromatic N) is 3. The fraction of sp³-hybridized carbons (Fsp3) is 0.650. The molecule has 3 heterocycles. The standard InChI is InChI=1S/C20H30N4O4/c1-20(2,3)28-19(27)24-10-5-9-21-12-17(24)15-6-4-7-16(22-15)18(26)23-11-8-14(25)13-23/h4,6-7,14,17,21,25H,5,8-13H2,1-3H3. The van der Waals surface area contributed by atoms with E-state index < -0.39 is 11.7 Å². The first-order chi connectivity index (χ1) is 13.2. The minimum Gasteiger partial charge on any atom is -0.444 e. The van der Waals surface area contributed by atoms with Gasteiger partial charge in [-0.3, -0.25) is 9.69 Å². The number of aliphatic hydroxyl groups is 1. The molecule has 2 saturated heterocycles. The maximum atomic E-state index is 12.8. The molecule has 28 heavy (non-hydrogen) atoms. The third-order valence-corrected chi connectivity index (χ3v) is 4.88. The predicted octanol–water partition coefficient (Wildman–Crippen LogP) is 1.56. The Bertz CT molecular complexity index is 718. The molecule has 0 bridgehead atoms. The number of hydrogen-bond acceptors (Lipinski definition) is 6. The third-order valence-electron chi connectivity index (χ3n) is 4.88. The number of amides is 2. The first-order valence-corrected chi connectivity index (χ1v) is 9.89. The zero-order valence-corrected chi connectivity index (χ0v) is 16.9. The van der Waals surface area contributed by atoms with Gasteiger partial charge < -0.3 is 20.1 Å². The van der Waals surface area contributed by atoms with Gasteiger partial charge in [-0.05, 0) is 52.3 Å². The van der Waals surface area contributed by atoms with Gasteiger partial charge in [0.2, 0.25) is 0 Å². The molecule has 2 unspecified atom stereocenters. The number of ether oxygens (including phenoxy) is 1. The first-order valence-electron chi connectivity index (χ1n) is 9.89. The summed E-state index contributed by atoms with van der Waals surface area (Å²) in [6.45, 7) is 8.31. The van der Waals surface area contributed by atoms with Crippen LogP contribution in [-0.2, 0) is 4.74 Å². The Kier molecular flexibility index (Phi) is 6.20. The van der Waals surface area contributed by atoms with Crippen molar-refractivity contribution in [3.05, 3.63) is 29.6 Å². The molecule has 2 aliphatic heterocycles. The van der Waals surface area contributed by atoms with E-state index in [2.05, 4.69) is 10.3 Å². The van der Waals surface area contributed by atoms with Gasteiger partial charge in [-0.1, -0.05) is 6.07 Å². The lowest BCUT2D eigenvalue weighted by molar-refractivity contribution is 0.0170. The molecule has 2 amide bonds. The number of β-amino-alcohol motifs (C(OH)–C–C–N with tert-alkyl or cyclic N) is 1. The van der Waals surface area contributed by atoms with Crippen molar-refractivity contribution in [1.29, 1.82) is 0 Å². The first kappa shape index (κ1) is 20.5. The number of hydrogen-bond donors (Lipinski definition) is 2. The fourth-order valence-corrected chi connectivity index (χ4v) is 3.53. The summed E-state index contributed by atoms with van der Waals surface area (Å²) >= 11 is 0. The van der Waals surface area contributed by atoms with Gasteiger partial charge in [0, 0.05) is 26.2 Å². The highest BCUT2D eigenvalue weighted by molar-refractivity contribution is 5.92. The lowest BCUT2D eigenvalue weighted by atomic mass is 10.1. The number of likely N-dealkylation sites (tertiary alicyclic amines) is 1. The Morgan fingerprint density at radius 3 is 2.75 bits per heavy atom. The van der Waals surface area contributed by atoms with Gasteiger partial charge in [0.25, 0.3) is 5.91 Å². The van der Waals surface area contributed by atoms with Crippen LogP contribution in [0.25, 0.3) is 0 Å². The summed E-state index contributed by atoms with van der Waals surface area (Å²) in [7, 11) is 0. The van der Waals surface area contributed by atoms with Gasteiger partial charge in [-0.25, -0.2) is 9.78 Å². The normalized spacial score (nSPS) is 23.4. The van der Waals surface area contributed by atoms with Crippen molar-refractivity contribution in [2.45, 2.75) is 51.4 Å². The molecule has 8 heteroatoms. The summed E-state index contributed by atoms with van der Waals surface area (Å²) in [6.07, 6.45) is 0.563. The molecule has 2 N–H and O–H groups in total. The predicted molar refractivity (Wildman–Crippen MR) is 104 cm³/mol. The molecular weight excluding hydrogens is 360 g/mol. The van der Waals surface area contributed by atoms with Crippen LogP contribution < -0.4 is 5.32 Å². The summed E-state index contributed by atoms with van der Waals surface area (Å²) in [5, 5.41) is 13.0. The van der Waals surface area contributed by atoms with Gasteiger partial charge in [0.15, 0.2) is 0 Å². The number of rotatable bonds is 2. The molecule has 8 nitrogen and oxygen atoms in total. The van der Waals surface area contributed by atoms with Gasteiger partial charge in [0.1, 0.15) is 11.3 Å². The highest BCUT2D eigenvalue weighted by Gasteiger charge is 2.32. The smallest absolute Gasteiger partial charge is 0.410 e. The lowest BCUT2D eigenvalue weighted by Gasteiger charge is -2.32. The zero-order valence-electron chi connectivity index (χ0n) is 16.9. The van der Waals surface area contributed by atoms with Crippen molar-refractivity contribution in [3.8, 4) is 0 Å². The molecular formula is C20H30N4O4. The van der Waals surface area contributed by atoms with Gasteiger partial charge in [-0.2, -0.15) is 0 Å². The Morgan fingerprint density at radius 2 is 2.07 bits per heavy atom. The lowest BCUT2D eigenvalue weighted by Crippen LogP contribution is -2.41. The quantitative estimate of drug-likeness (QED) is 0.796. The van der Waals surface area contributed by atoms with E-state index in [1.165, 1.54) is 0 Å². The summed E-state index contributed by atoms with van der Waals surface area (Å²) in [5.41, 5.74) is 0.411. The molecule has 0 aromatic carbocycles. The van der Waals surface area contributed by atoms with Crippen LogP contribution in [0.4, 0.5) is 4.79 Å². The van der Waals surface area contributed by atoms with E-state index in [1.54, 1.807) is 21.9 Å². The molecule has 1 aromatic heterocycles. The van der Waals surface area contributed by atoms with Crippen LogP contribution in [0.2, 0.25) is 0 Å². The van der Waals surface area contributed by atoms with Crippen molar-refractivity contribution in [2.24, 2.45) is 0 Å². The average molecular weight is 390 g/mol. The highest BCUT2D eigenvalue weighted by Crippen LogP contribution is 2.24. The van der Waals surface area contributed by atoms with Crippen molar-refractivity contribution in [2.75, 3.05) is 32.7 Å². The highest BCUT2D eigenvalue weighted by atomic mass is 16.6. The Morgan fingerprint density at radius 1 is 1.29 bits per heavy atom. The SMILES string of the molecule is CC(C)(C)OC(=O)N1CCCNCC1c1cccc(C(=O)N2CCC(O)C2)n1. The van der Waals surface area contributed by atoms with E-state index in [1.807, 2.05) is 26.8 Å². The van der Waals surface area contributed by atoms with Gasteiger partial charge in [0.05, 0.1) is 17.8 Å². The maximum Gasteiger partial charge on any atom is 0.410 e. The molecule has 0 saturated carbocycles. The summed E-state index contributed by atoms with van der Waals surface area (Å²) < 4.78 is 5.58. The largest absolute Gasteiger partial charge is 0.444 e. The summed E-state index contributed by atoms with van der Waals surface area (Å²) in [6, 6.07) is 5.00. The second kappa shape index (κ2) is 8.45. The van der Waals surface area contributed by atoms with Crippen LogP contribution in [-0.4, -0.2) is 76.3 Å². The second-order valence-electron chi connectivity index (χ2n) is 8.39. The van der Waals surface area contributed by atoms with E-state index in [-0.39, 0.29) is 18.0 Å². The third kappa shape index (κ3) is 4.99. The number of aromatic nitrogens is 1. The Balaban J connectivity index is 1.82. The van der Waals surface area contributed by atoms with Crippen molar-refractivity contribution in [3.63, 3.8) is 0 Å². The van der Waals surface area contributed by atoms with Crippen LogP contribution in [0.5, 0.6) is 0 Å². The van der Waals surface area contributed by atoms with Crippen molar-refractivity contribution >= 4 is 12.0 Å². The molecule has 0 radical (unpaired) electrons. The minimum atomic E-state index is -0.580. The molecule has 2 aliphatic rings. The monoisotopic (exact) mass is 390 g/mol. The van der Waals surface area contributed by atoms with E-state index in [0.29, 0.717) is 44.0 Å². The molecule has 3 rings (SSSR count). The molecule has 0 spiro atoms. The Hall–Kier alpha value is -2.19. The van der Waals surface area contributed by atoms with E-state index in [9.17, 15) is 14.7 Å². The van der Waals surface area contributed by atoms with Crippen LogP contribution in [0, 0.1) is 0 Å². The van der Waals surface area contributed by atoms with Crippen LogP contribution in [0.3, 0.4) is 0 Å². The number of pyridine rings is 1. The van der Waals surface area contributed by atoms with E-state index >= 15 is 0 Å². The Labute approximate surface area is 165 Å². The van der Waals surface area contributed by atoms with Crippen molar-refractivity contribution < 1.29 is 19.4 Å². The van der Waals surface area contributed by atoms with Crippen LogP contribution >= 0.6 is 0 Å². The fourth-order valence-electron chi connectivity index (χ4n) is 3.53. The molecule has 154 valence electrons. The average Bonchev–Trinajstić information content (AvgIpc) is 2.91. The number of aliphatic hydroxyl groups excluding tert-OH is 1. The second-order valence-corrected chi connectivity index (χ2v) is 8.39. The summed E-state index contributed by atoms with van der Waals surface area (Å²) in [4.78, 5) is 33.4. The van der Waals surface area contributed by atoms with Crippen LogP contribution in [0.1, 0.15) is 55.8 Å². The van der Waals surface area contributed by atoms with Gasteiger partial charge in [-0.15, -0.1) is 0 Å². The number of carbonyl (C=O) groups is 2. The zero-order chi connectivity index (χ0) is 20.3. The number of nitrogens with one attached hydrogen (secondary N) is 1. The maximum absolute atomic E-state index is 12.8. The summed E-state index contributed by atoms with van der Waals surface area (Å²) in [5.74, 6) is -0.191.